The molecular weight excluding hydrogens is 388 g/mol. The van der Waals surface area contributed by atoms with E-state index in [2.05, 4.69) is 15.0 Å². The van der Waals surface area contributed by atoms with E-state index in [0.29, 0.717) is 17.6 Å². The second-order valence-electron chi connectivity index (χ2n) is 7.23. The zero-order chi connectivity index (χ0) is 21.3. The fraction of sp³-hybridized carbons (Fsp3) is 0.381. The van der Waals surface area contributed by atoms with Crippen LogP contribution in [0.25, 0.3) is 22.4 Å². The summed E-state index contributed by atoms with van der Waals surface area (Å²) in [5.74, 6) is -0.844. The van der Waals surface area contributed by atoms with Crippen LogP contribution >= 0.6 is 0 Å². The van der Waals surface area contributed by atoms with E-state index in [0.717, 1.165) is 16.8 Å². The Kier molecular flexibility index (Phi) is 5.45. The van der Waals surface area contributed by atoms with Crippen LogP contribution in [0.5, 0.6) is 0 Å². The molecule has 1 aromatic carbocycles. The zero-order valence-corrected chi connectivity index (χ0v) is 16.9. The molecule has 30 heavy (non-hydrogen) atoms. The van der Waals surface area contributed by atoms with Gasteiger partial charge in [0.05, 0.1) is 6.33 Å². The molecule has 1 fully saturated rings. The molecular formula is C21H22N4O5. The Bertz CT molecular complexity index is 1080. The van der Waals surface area contributed by atoms with E-state index in [1.165, 1.54) is 20.2 Å². The van der Waals surface area contributed by atoms with E-state index in [9.17, 15) is 9.59 Å². The van der Waals surface area contributed by atoms with Crippen molar-refractivity contribution < 1.29 is 23.8 Å². The lowest BCUT2D eigenvalue weighted by molar-refractivity contribution is -0.155. The first-order valence-corrected chi connectivity index (χ1v) is 9.63. The molecule has 9 heteroatoms. The van der Waals surface area contributed by atoms with E-state index < -0.39 is 30.4 Å². The van der Waals surface area contributed by atoms with Crippen molar-refractivity contribution >= 4 is 23.1 Å². The molecule has 0 radical (unpaired) electrons. The van der Waals surface area contributed by atoms with Gasteiger partial charge in [0, 0.05) is 25.8 Å². The number of carbonyl (C=O) groups excluding carboxylic acids is 2. The van der Waals surface area contributed by atoms with Gasteiger partial charge in [0.15, 0.2) is 5.65 Å². The molecule has 3 aromatic rings. The second-order valence-corrected chi connectivity index (χ2v) is 7.23. The summed E-state index contributed by atoms with van der Waals surface area (Å²) in [7, 11) is 0. The highest BCUT2D eigenvalue weighted by Gasteiger charge is 2.40. The third-order valence-corrected chi connectivity index (χ3v) is 4.94. The lowest BCUT2D eigenvalue weighted by atomic mass is 10.1. The van der Waals surface area contributed by atoms with Gasteiger partial charge in [-0.05, 0) is 6.92 Å². The minimum absolute atomic E-state index is 0.0000102. The van der Waals surface area contributed by atoms with E-state index in [4.69, 9.17) is 14.2 Å². The van der Waals surface area contributed by atoms with Gasteiger partial charge in [-0.1, -0.05) is 29.8 Å². The monoisotopic (exact) mass is 410 g/mol. The molecule has 9 nitrogen and oxygen atoms in total. The Morgan fingerprint density at radius 2 is 1.90 bits per heavy atom. The molecule has 4 rings (SSSR count). The molecule has 0 spiro atoms. The summed E-state index contributed by atoms with van der Waals surface area (Å²) in [6, 6.07) is 8.02. The number of fused-ring (bicyclic) bond motifs is 1. The zero-order valence-electron chi connectivity index (χ0n) is 16.9. The van der Waals surface area contributed by atoms with Crippen LogP contribution in [-0.4, -0.2) is 50.3 Å². The molecule has 3 heterocycles. The van der Waals surface area contributed by atoms with Crippen molar-refractivity contribution in [1.82, 2.24) is 19.5 Å². The molecule has 0 N–H and O–H groups in total. The number of ether oxygens (including phenoxy) is 3. The Morgan fingerprint density at radius 3 is 2.60 bits per heavy atom. The van der Waals surface area contributed by atoms with Gasteiger partial charge in [-0.3, -0.25) is 14.2 Å². The summed E-state index contributed by atoms with van der Waals surface area (Å²) < 4.78 is 18.3. The second kappa shape index (κ2) is 8.19. The number of hydrogen-bond acceptors (Lipinski definition) is 8. The molecule has 0 saturated carbocycles. The van der Waals surface area contributed by atoms with Crippen molar-refractivity contribution in [3.05, 3.63) is 42.5 Å². The maximum Gasteiger partial charge on any atom is 0.303 e. The first-order chi connectivity index (χ1) is 14.4. The molecule has 2 aromatic heterocycles. The Labute approximate surface area is 173 Å². The molecule has 3 atom stereocenters. The van der Waals surface area contributed by atoms with Gasteiger partial charge in [-0.25, -0.2) is 15.0 Å². The number of benzene rings is 1. The molecule has 0 aliphatic carbocycles. The van der Waals surface area contributed by atoms with E-state index in [-0.39, 0.29) is 6.61 Å². The third kappa shape index (κ3) is 4.02. The minimum Gasteiger partial charge on any atom is -0.463 e. The highest BCUT2D eigenvalue weighted by atomic mass is 16.6. The number of aryl methyl sites for hydroxylation is 1. The summed E-state index contributed by atoms with van der Waals surface area (Å²) in [5.41, 5.74) is 4.09. The molecule has 0 bridgehead atoms. The predicted octanol–water partition coefficient (Wildman–Crippen LogP) is 2.58. The molecule has 1 aliphatic heterocycles. The lowest BCUT2D eigenvalue weighted by Gasteiger charge is -2.17. The van der Waals surface area contributed by atoms with Gasteiger partial charge in [0.1, 0.15) is 42.6 Å². The van der Waals surface area contributed by atoms with Gasteiger partial charge in [0.25, 0.3) is 0 Å². The van der Waals surface area contributed by atoms with Gasteiger partial charge < -0.3 is 14.2 Å². The highest BCUT2D eigenvalue weighted by molar-refractivity contribution is 5.87. The predicted molar refractivity (Wildman–Crippen MR) is 106 cm³/mol. The van der Waals surface area contributed by atoms with E-state index >= 15 is 0 Å². The molecule has 1 unspecified atom stereocenters. The topological polar surface area (TPSA) is 105 Å². The number of nitrogens with zero attached hydrogens (tertiary/aromatic N) is 4. The maximum absolute atomic E-state index is 11.5. The number of esters is 2. The van der Waals surface area contributed by atoms with Crippen LogP contribution in [-0.2, 0) is 23.8 Å². The Hall–Kier alpha value is -3.33. The quantitative estimate of drug-likeness (QED) is 0.591. The van der Waals surface area contributed by atoms with Crippen LogP contribution in [0.15, 0.2) is 36.9 Å². The summed E-state index contributed by atoms with van der Waals surface area (Å²) in [6.07, 6.45) is 1.94. The van der Waals surface area contributed by atoms with Crippen LogP contribution in [0.1, 0.15) is 32.1 Å². The van der Waals surface area contributed by atoms with Crippen molar-refractivity contribution in [2.45, 2.75) is 45.6 Å². The van der Waals surface area contributed by atoms with Crippen molar-refractivity contribution in [3.63, 3.8) is 0 Å². The van der Waals surface area contributed by atoms with E-state index in [1.54, 1.807) is 10.9 Å². The average Bonchev–Trinajstić information content (AvgIpc) is 3.30. The van der Waals surface area contributed by atoms with Crippen LogP contribution in [0.3, 0.4) is 0 Å². The van der Waals surface area contributed by atoms with Crippen molar-refractivity contribution in [2.24, 2.45) is 0 Å². The van der Waals surface area contributed by atoms with Gasteiger partial charge in [-0.15, -0.1) is 0 Å². The maximum atomic E-state index is 11.5. The van der Waals surface area contributed by atoms with Gasteiger partial charge in [-0.2, -0.15) is 0 Å². The van der Waals surface area contributed by atoms with Crippen molar-refractivity contribution in [2.75, 3.05) is 6.61 Å². The minimum atomic E-state index is -0.571. The smallest absolute Gasteiger partial charge is 0.303 e. The number of carbonyl (C=O) groups is 2. The summed E-state index contributed by atoms with van der Waals surface area (Å²) in [5, 5.41) is 0. The summed E-state index contributed by atoms with van der Waals surface area (Å²) in [4.78, 5) is 36.0. The average molecular weight is 410 g/mol. The first kappa shape index (κ1) is 20.0. The van der Waals surface area contributed by atoms with Crippen molar-refractivity contribution in [3.8, 4) is 11.3 Å². The molecule has 156 valence electrons. The van der Waals surface area contributed by atoms with Gasteiger partial charge in [0.2, 0.25) is 0 Å². The summed E-state index contributed by atoms with van der Waals surface area (Å²) >= 11 is 0. The SMILES string of the molecule is CC(=O)OC[C@H]1O[C@@H](n2cnc3c(-c4ccc(C)cc4)ncnc32)CC1OC(C)=O. The van der Waals surface area contributed by atoms with Crippen molar-refractivity contribution in [1.29, 1.82) is 0 Å². The van der Waals surface area contributed by atoms with Crippen LogP contribution < -0.4 is 0 Å². The molecule has 1 aliphatic rings. The number of hydrogen-bond donors (Lipinski definition) is 0. The molecule has 1 saturated heterocycles. The number of rotatable bonds is 5. The Balaban J connectivity index is 1.64. The summed E-state index contributed by atoms with van der Waals surface area (Å²) in [6.45, 7) is 4.68. The first-order valence-electron chi connectivity index (χ1n) is 9.63. The van der Waals surface area contributed by atoms with E-state index in [1.807, 2.05) is 31.2 Å². The highest BCUT2D eigenvalue weighted by Crippen LogP contribution is 2.34. The number of aromatic nitrogens is 4. The van der Waals surface area contributed by atoms with Crippen LogP contribution in [0.2, 0.25) is 0 Å². The van der Waals surface area contributed by atoms with Gasteiger partial charge >= 0.3 is 11.9 Å². The third-order valence-electron chi connectivity index (χ3n) is 4.94. The van der Waals surface area contributed by atoms with Crippen LogP contribution in [0.4, 0.5) is 0 Å². The fourth-order valence-corrected chi connectivity index (χ4v) is 3.54. The molecule has 0 amide bonds. The number of imidazole rings is 1. The Morgan fingerprint density at radius 1 is 1.13 bits per heavy atom. The largest absolute Gasteiger partial charge is 0.463 e. The van der Waals surface area contributed by atoms with Crippen LogP contribution in [0, 0.1) is 6.92 Å². The standard InChI is InChI=1S/C21H22N4O5/c1-12-4-6-15(7-5-12)19-20-21(23-10-22-19)25(11-24-20)18-8-16(29-14(3)27)17(30-18)9-28-13(2)26/h4-7,10-11,16-18H,8-9H2,1-3H3/t16?,17-,18-/m1/s1. The normalized spacial score (nSPS) is 21.0. The lowest BCUT2D eigenvalue weighted by Crippen LogP contribution is -2.31. The fourth-order valence-electron chi connectivity index (χ4n) is 3.54.